The highest BCUT2D eigenvalue weighted by atomic mass is 16.5. The Labute approximate surface area is 91.3 Å². The van der Waals surface area contributed by atoms with Crippen molar-refractivity contribution in [1.82, 2.24) is 4.57 Å². The number of rotatable bonds is 2. The molecular weight excluding hydrogens is 210 g/mol. The normalized spacial score (nSPS) is 14.5. The minimum absolute atomic E-state index is 0.0354. The lowest BCUT2D eigenvalue weighted by Gasteiger charge is -2.12. The van der Waals surface area contributed by atoms with Crippen molar-refractivity contribution in [1.29, 1.82) is 0 Å². The van der Waals surface area contributed by atoms with Crippen LogP contribution in [0.4, 0.5) is 0 Å². The van der Waals surface area contributed by atoms with Crippen LogP contribution in [0.15, 0.2) is 18.0 Å². The number of carbonyl (C=O) groups is 3. The van der Waals surface area contributed by atoms with E-state index in [-0.39, 0.29) is 28.4 Å². The van der Waals surface area contributed by atoms with Crippen LogP contribution in [0.5, 0.6) is 0 Å². The van der Waals surface area contributed by atoms with Crippen molar-refractivity contribution in [3.8, 4) is 0 Å². The summed E-state index contributed by atoms with van der Waals surface area (Å²) in [4.78, 5) is 34.4. The van der Waals surface area contributed by atoms with Crippen LogP contribution in [0, 0.1) is 0 Å². The maximum Gasteiger partial charge on any atom is 0.230 e. The molecule has 2 rings (SSSR count). The number of nitrogens with zero attached hydrogens (tertiary/aromatic N) is 1. The van der Waals surface area contributed by atoms with Gasteiger partial charge in [0, 0.05) is 24.9 Å². The molecule has 1 heterocycles. The predicted octanol–water partition coefficient (Wildman–Crippen LogP) is 0.747. The van der Waals surface area contributed by atoms with Gasteiger partial charge >= 0.3 is 0 Å². The maximum atomic E-state index is 11.9. The van der Waals surface area contributed by atoms with Crippen molar-refractivity contribution in [2.75, 3.05) is 7.11 Å². The molecule has 0 fully saturated rings. The van der Waals surface area contributed by atoms with E-state index in [0.717, 1.165) is 6.08 Å². The van der Waals surface area contributed by atoms with Gasteiger partial charge < -0.3 is 9.30 Å². The number of aryl methyl sites for hydroxylation is 1. The maximum absolute atomic E-state index is 11.9. The monoisotopic (exact) mass is 219 g/mol. The third kappa shape index (κ3) is 1.21. The Hall–Kier alpha value is -2.17. The summed E-state index contributed by atoms with van der Waals surface area (Å²) < 4.78 is 6.28. The number of hydrogen-bond acceptors (Lipinski definition) is 4. The van der Waals surface area contributed by atoms with E-state index in [0.29, 0.717) is 6.29 Å². The molecule has 1 aromatic rings. The molecule has 0 N–H and O–H groups in total. The number of aldehydes is 1. The SMILES string of the molecule is COC1=CC(=O)c2c(c(C=O)cn2C)C1=O. The lowest BCUT2D eigenvalue weighted by Crippen LogP contribution is -2.19. The molecule has 1 aliphatic carbocycles. The summed E-state index contributed by atoms with van der Waals surface area (Å²) in [7, 11) is 2.92. The minimum Gasteiger partial charge on any atom is -0.492 e. The van der Waals surface area contributed by atoms with Gasteiger partial charge in [0.1, 0.15) is 5.69 Å². The summed E-state index contributed by atoms with van der Waals surface area (Å²) >= 11 is 0. The summed E-state index contributed by atoms with van der Waals surface area (Å²) in [6, 6.07) is 0. The van der Waals surface area contributed by atoms with Crippen molar-refractivity contribution in [2.45, 2.75) is 0 Å². The Morgan fingerprint density at radius 1 is 1.38 bits per heavy atom. The zero-order valence-electron chi connectivity index (χ0n) is 8.81. The van der Waals surface area contributed by atoms with Gasteiger partial charge in [-0.25, -0.2) is 0 Å². The number of fused-ring (bicyclic) bond motifs is 1. The van der Waals surface area contributed by atoms with Crippen LogP contribution in [0.1, 0.15) is 31.2 Å². The molecule has 5 nitrogen and oxygen atoms in total. The van der Waals surface area contributed by atoms with E-state index in [1.807, 2.05) is 0 Å². The lowest BCUT2D eigenvalue weighted by molar-refractivity contribution is 0.0911. The summed E-state index contributed by atoms with van der Waals surface area (Å²) in [6.45, 7) is 0. The Morgan fingerprint density at radius 2 is 2.06 bits per heavy atom. The van der Waals surface area contributed by atoms with Crippen LogP contribution in [-0.4, -0.2) is 29.5 Å². The van der Waals surface area contributed by atoms with E-state index in [2.05, 4.69) is 0 Å². The fourth-order valence-corrected chi connectivity index (χ4v) is 1.80. The fourth-order valence-electron chi connectivity index (χ4n) is 1.80. The number of aromatic nitrogens is 1. The van der Waals surface area contributed by atoms with Gasteiger partial charge in [0.15, 0.2) is 12.0 Å². The minimum atomic E-state index is -0.431. The molecule has 0 spiro atoms. The Balaban J connectivity index is 2.72. The molecule has 0 aromatic carbocycles. The number of carbonyl (C=O) groups excluding carboxylic acids is 3. The molecule has 0 saturated carbocycles. The molecule has 0 bridgehead atoms. The third-order valence-electron chi connectivity index (χ3n) is 2.50. The molecule has 0 atom stereocenters. The molecule has 16 heavy (non-hydrogen) atoms. The number of ether oxygens (including phenoxy) is 1. The van der Waals surface area contributed by atoms with Crippen molar-refractivity contribution < 1.29 is 19.1 Å². The highest BCUT2D eigenvalue weighted by Gasteiger charge is 2.31. The molecule has 5 heteroatoms. The summed E-state index contributed by atoms with van der Waals surface area (Å²) in [6.07, 6.45) is 3.15. The van der Waals surface area contributed by atoms with E-state index >= 15 is 0 Å². The van der Waals surface area contributed by atoms with Gasteiger partial charge in [-0.05, 0) is 0 Å². The van der Waals surface area contributed by atoms with Crippen LogP contribution in [0.25, 0.3) is 0 Å². The molecular formula is C11H9NO4. The Kier molecular flexibility index (Phi) is 2.23. The van der Waals surface area contributed by atoms with Gasteiger partial charge in [-0.2, -0.15) is 0 Å². The van der Waals surface area contributed by atoms with Gasteiger partial charge in [0.2, 0.25) is 11.6 Å². The summed E-state index contributed by atoms with van der Waals surface area (Å²) in [5.41, 5.74) is 0.563. The number of methoxy groups -OCH3 is 1. The molecule has 0 radical (unpaired) electrons. The highest BCUT2D eigenvalue weighted by molar-refractivity contribution is 6.25. The smallest absolute Gasteiger partial charge is 0.230 e. The Bertz CT molecular complexity index is 536. The topological polar surface area (TPSA) is 65.4 Å². The highest BCUT2D eigenvalue weighted by Crippen LogP contribution is 2.25. The zero-order valence-corrected chi connectivity index (χ0v) is 8.81. The second-order valence-corrected chi connectivity index (χ2v) is 3.44. The number of Topliss-reactive ketones (excluding diaryl/α,β-unsaturated/α-hetero) is 1. The second-order valence-electron chi connectivity index (χ2n) is 3.44. The van der Waals surface area contributed by atoms with Crippen LogP contribution >= 0.6 is 0 Å². The summed E-state index contributed by atoms with van der Waals surface area (Å²) in [5.74, 6) is -0.798. The van der Waals surface area contributed by atoms with Gasteiger partial charge in [-0.15, -0.1) is 0 Å². The first-order valence-electron chi connectivity index (χ1n) is 4.59. The fraction of sp³-hybridized carbons (Fsp3) is 0.182. The zero-order chi connectivity index (χ0) is 11.9. The van der Waals surface area contributed by atoms with Crippen LogP contribution in [-0.2, 0) is 11.8 Å². The predicted molar refractivity (Wildman–Crippen MR) is 54.6 cm³/mol. The average molecular weight is 219 g/mol. The quantitative estimate of drug-likeness (QED) is 0.688. The number of ketones is 2. The van der Waals surface area contributed by atoms with E-state index < -0.39 is 5.78 Å². The molecule has 1 aromatic heterocycles. The first-order chi connectivity index (χ1) is 7.60. The molecule has 0 amide bonds. The molecule has 0 aliphatic heterocycles. The van der Waals surface area contributed by atoms with Crippen LogP contribution < -0.4 is 0 Å². The van der Waals surface area contributed by atoms with Crippen LogP contribution in [0.2, 0.25) is 0 Å². The van der Waals surface area contributed by atoms with Gasteiger partial charge in [0.25, 0.3) is 0 Å². The average Bonchev–Trinajstić information content (AvgIpc) is 2.61. The van der Waals surface area contributed by atoms with E-state index in [4.69, 9.17) is 4.74 Å². The Morgan fingerprint density at radius 3 is 2.62 bits per heavy atom. The van der Waals surface area contributed by atoms with Crippen molar-refractivity contribution >= 4 is 17.9 Å². The van der Waals surface area contributed by atoms with Gasteiger partial charge in [-0.1, -0.05) is 0 Å². The first kappa shape index (κ1) is 10.4. The van der Waals surface area contributed by atoms with Gasteiger partial charge in [0.05, 0.1) is 12.7 Å². The second kappa shape index (κ2) is 3.44. The van der Waals surface area contributed by atoms with Crippen LogP contribution in [0.3, 0.4) is 0 Å². The molecule has 0 saturated heterocycles. The van der Waals surface area contributed by atoms with Crippen molar-refractivity contribution in [2.24, 2.45) is 7.05 Å². The number of allylic oxidation sites excluding steroid dienone is 2. The number of hydrogen-bond donors (Lipinski definition) is 0. The largest absolute Gasteiger partial charge is 0.492 e. The third-order valence-corrected chi connectivity index (χ3v) is 2.50. The first-order valence-corrected chi connectivity index (χ1v) is 4.59. The molecule has 0 unspecified atom stereocenters. The van der Waals surface area contributed by atoms with E-state index in [1.165, 1.54) is 17.9 Å². The molecule has 1 aliphatic rings. The lowest BCUT2D eigenvalue weighted by atomic mass is 9.97. The van der Waals surface area contributed by atoms with Crippen molar-refractivity contribution in [3.63, 3.8) is 0 Å². The molecule has 82 valence electrons. The van der Waals surface area contributed by atoms with E-state index in [9.17, 15) is 14.4 Å². The van der Waals surface area contributed by atoms with Gasteiger partial charge in [-0.3, -0.25) is 14.4 Å². The summed E-state index contributed by atoms with van der Waals surface area (Å²) in [5, 5.41) is 0. The standard InChI is InChI=1S/C11H9NO4/c1-12-4-6(5-13)9-10(12)7(14)3-8(16-2)11(9)15/h3-5H,1-2H3. The van der Waals surface area contributed by atoms with E-state index in [1.54, 1.807) is 7.05 Å². The van der Waals surface area contributed by atoms with Crippen molar-refractivity contribution in [3.05, 3.63) is 34.9 Å².